The molecular formula is C8H8BrN3O. The fourth-order valence-electron chi connectivity index (χ4n) is 1.21. The van der Waals surface area contributed by atoms with Gasteiger partial charge in [0.1, 0.15) is 6.33 Å². The molecular weight excluding hydrogens is 234 g/mol. The summed E-state index contributed by atoms with van der Waals surface area (Å²) in [5.41, 5.74) is 1.45. The number of fused-ring (bicyclic) bond motifs is 1. The molecule has 2 aromatic rings. The monoisotopic (exact) mass is 241 g/mol. The molecule has 0 aliphatic rings. The molecule has 0 saturated heterocycles. The molecule has 0 amide bonds. The lowest BCUT2D eigenvalue weighted by molar-refractivity contribution is 0.191. The first-order valence-electron chi connectivity index (χ1n) is 3.86. The molecule has 0 saturated carbocycles. The van der Waals surface area contributed by atoms with Crippen molar-refractivity contribution in [3.8, 4) is 0 Å². The van der Waals surface area contributed by atoms with E-state index >= 15 is 0 Å². The Labute approximate surface area is 83.3 Å². The Morgan fingerprint density at radius 3 is 3.00 bits per heavy atom. The molecule has 0 fully saturated rings. The Morgan fingerprint density at radius 2 is 2.31 bits per heavy atom. The summed E-state index contributed by atoms with van der Waals surface area (Å²) < 4.78 is 2.49. The first-order chi connectivity index (χ1) is 6.20. The van der Waals surface area contributed by atoms with Crippen molar-refractivity contribution in [2.45, 2.75) is 13.0 Å². The minimum absolute atomic E-state index is 0.544. The smallest absolute Gasteiger partial charge is 0.169 e. The molecule has 1 atom stereocenters. The van der Waals surface area contributed by atoms with Gasteiger partial charge in [0, 0.05) is 0 Å². The van der Waals surface area contributed by atoms with E-state index in [-0.39, 0.29) is 0 Å². The SMILES string of the molecule is CC(O)c1ccc(Br)c2ncnn12. The summed E-state index contributed by atoms with van der Waals surface area (Å²) in [6.45, 7) is 1.70. The summed E-state index contributed by atoms with van der Waals surface area (Å²) >= 11 is 3.35. The Hall–Kier alpha value is -0.940. The lowest BCUT2D eigenvalue weighted by atomic mass is 10.2. The summed E-state index contributed by atoms with van der Waals surface area (Å²) in [6, 6.07) is 3.67. The lowest BCUT2D eigenvalue weighted by Crippen LogP contribution is -2.02. The van der Waals surface area contributed by atoms with Gasteiger partial charge in [0.2, 0.25) is 0 Å². The van der Waals surface area contributed by atoms with Gasteiger partial charge in [0.05, 0.1) is 16.3 Å². The Kier molecular flexibility index (Phi) is 2.05. The number of aliphatic hydroxyl groups is 1. The maximum Gasteiger partial charge on any atom is 0.169 e. The molecule has 2 heterocycles. The first-order valence-corrected chi connectivity index (χ1v) is 4.65. The molecule has 2 rings (SSSR count). The standard InChI is InChI=1S/C8H8BrN3O/c1-5(13)7-3-2-6(9)8-10-4-11-12(7)8/h2-5,13H,1H3. The second-order valence-electron chi connectivity index (χ2n) is 2.78. The van der Waals surface area contributed by atoms with Crippen molar-refractivity contribution < 1.29 is 5.11 Å². The van der Waals surface area contributed by atoms with Crippen LogP contribution in [0.5, 0.6) is 0 Å². The topological polar surface area (TPSA) is 50.4 Å². The van der Waals surface area contributed by atoms with Crippen LogP contribution in [0.25, 0.3) is 5.65 Å². The van der Waals surface area contributed by atoms with Gasteiger partial charge in [-0.25, -0.2) is 9.50 Å². The van der Waals surface area contributed by atoms with Crippen molar-refractivity contribution in [3.05, 3.63) is 28.6 Å². The zero-order chi connectivity index (χ0) is 9.42. The van der Waals surface area contributed by atoms with Crippen LogP contribution in [0.15, 0.2) is 22.9 Å². The third-order valence-corrected chi connectivity index (χ3v) is 2.45. The van der Waals surface area contributed by atoms with Crippen LogP contribution in [0.4, 0.5) is 0 Å². The van der Waals surface area contributed by atoms with E-state index in [1.54, 1.807) is 11.4 Å². The molecule has 0 aromatic carbocycles. The van der Waals surface area contributed by atoms with Gasteiger partial charge >= 0.3 is 0 Å². The van der Waals surface area contributed by atoms with E-state index in [1.165, 1.54) is 6.33 Å². The van der Waals surface area contributed by atoms with Gasteiger partial charge in [-0.05, 0) is 35.0 Å². The molecule has 1 N–H and O–H groups in total. The van der Waals surface area contributed by atoms with E-state index in [2.05, 4.69) is 26.0 Å². The summed E-state index contributed by atoms with van der Waals surface area (Å²) in [6.07, 6.45) is 0.920. The van der Waals surface area contributed by atoms with Crippen LogP contribution in [0.2, 0.25) is 0 Å². The van der Waals surface area contributed by atoms with E-state index in [0.717, 1.165) is 15.8 Å². The van der Waals surface area contributed by atoms with Gasteiger partial charge in [-0.15, -0.1) is 0 Å². The number of nitrogens with zero attached hydrogens (tertiary/aromatic N) is 3. The Bertz CT molecular complexity index is 438. The summed E-state index contributed by atoms with van der Waals surface area (Å²) in [4.78, 5) is 4.06. The number of hydrogen-bond acceptors (Lipinski definition) is 3. The molecule has 0 radical (unpaired) electrons. The van der Waals surface area contributed by atoms with Crippen molar-refractivity contribution in [1.82, 2.24) is 14.6 Å². The Balaban J connectivity index is 2.78. The van der Waals surface area contributed by atoms with Crippen molar-refractivity contribution >= 4 is 21.6 Å². The van der Waals surface area contributed by atoms with Crippen LogP contribution < -0.4 is 0 Å². The van der Waals surface area contributed by atoms with Crippen LogP contribution in [0.1, 0.15) is 18.7 Å². The average Bonchev–Trinajstić information content (AvgIpc) is 2.53. The van der Waals surface area contributed by atoms with E-state index in [1.807, 2.05) is 12.1 Å². The maximum absolute atomic E-state index is 9.43. The van der Waals surface area contributed by atoms with E-state index < -0.39 is 6.10 Å². The number of aliphatic hydroxyl groups excluding tert-OH is 1. The molecule has 0 bridgehead atoms. The predicted octanol–water partition coefficient (Wildman–Crippen LogP) is 1.55. The second kappa shape index (κ2) is 3.08. The minimum Gasteiger partial charge on any atom is -0.387 e. The zero-order valence-corrected chi connectivity index (χ0v) is 8.56. The molecule has 1 unspecified atom stereocenters. The molecule has 0 aliphatic heterocycles. The highest BCUT2D eigenvalue weighted by atomic mass is 79.9. The van der Waals surface area contributed by atoms with Gasteiger partial charge in [0.15, 0.2) is 5.65 Å². The molecule has 0 aliphatic carbocycles. The zero-order valence-electron chi connectivity index (χ0n) is 6.98. The van der Waals surface area contributed by atoms with Gasteiger partial charge < -0.3 is 5.11 Å². The molecule has 2 aromatic heterocycles. The molecule has 5 heteroatoms. The van der Waals surface area contributed by atoms with Crippen LogP contribution in [-0.4, -0.2) is 19.7 Å². The normalized spacial score (nSPS) is 13.5. The van der Waals surface area contributed by atoms with Crippen LogP contribution in [-0.2, 0) is 0 Å². The highest BCUT2D eigenvalue weighted by Gasteiger charge is 2.09. The van der Waals surface area contributed by atoms with Gasteiger partial charge in [-0.3, -0.25) is 0 Å². The van der Waals surface area contributed by atoms with E-state index in [9.17, 15) is 5.11 Å². The van der Waals surface area contributed by atoms with Crippen LogP contribution >= 0.6 is 15.9 Å². The molecule has 4 nitrogen and oxygen atoms in total. The molecule has 0 spiro atoms. The number of aromatic nitrogens is 3. The molecule has 68 valence electrons. The van der Waals surface area contributed by atoms with Gasteiger partial charge in [0.25, 0.3) is 0 Å². The maximum atomic E-state index is 9.43. The number of rotatable bonds is 1. The van der Waals surface area contributed by atoms with Crippen molar-refractivity contribution in [3.63, 3.8) is 0 Å². The number of pyridine rings is 1. The lowest BCUT2D eigenvalue weighted by Gasteiger charge is -2.06. The summed E-state index contributed by atoms with van der Waals surface area (Å²) in [5, 5.41) is 13.4. The number of halogens is 1. The van der Waals surface area contributed by atoms with Crippen LogP contribution in [0, 0.1) is 0 Å². The molecule has 13 heavy (non-hydrogen) atoms. The van der Waals surface area contributed by atoms with E-state index in [0.29, 0.717) is 0 Å². The first kappa shape index (κ1) is 8.65. The summed E-state index contributed by atoms with van der Waals surface area (Å²) in [5.74, 6) is 0. The van der Waals surface area contributed by atoms with Crippen molar-refractivity contribution in [2.24, 2.45) is 0 Å². The highest BCUT2D eigenvalue weighted by molar-refractivity contribution is 9.10. The predicted molar refractivity (Wildman–Crippen MR) is 51.3 cm³/mol. The van der Waals surface area contributed by atoms with E-state index in [4.69, 9.17) is 0 Å². The minimum atomic E-state index is -0.544. The second-order valence-corrected chi connectivity index (χ2v) is 3.63. The third kappa shape index (κ3) is 1.34. The average molecular weight is 242 g/mol. The highest BCUT2D eigenvalue weighted by Crippen LogP contribution is 2.20. The summed E-state index contributed by atoms with van der Waals surface area (Å²) in [7, 11) is 0. The third-order valence-electron chi connectivity index (χ3n) is 1.83. The fourth-order valence-corrected chi connectivity index (χ4v) is 1.62. The quantitative estimate of drug-likeness (QED) is 0.825. The van der Waals surface area contributed by atoms with Crippen molar-refractivity contribution in [1.29, 1.82) is 0 Å². The van der Waals surface area contributed by atoms with Crippen LogP contribution in [0.3, 0.4) is 0 Å². The largest absolute Gasteiger partial charge is 0.387 e. The van der Waals surface area contributed by atoms with Gasteiger partial charge in [-0.1, -0.05) is 0 Å². The van der Waals surface area contributed by atoms with Crippen molar-refractivity contribution in [2.75, 3.05) is 0 Å². The van der Waals surface area contributed by atoms with Gasteiger partial charge in [-0.2, -0.15) is 5.10 Å². The number of hydrogen-bond donors (Lipinski definition) is 1. The Morgan fingerprint density at radius 1 is 1.54 bits per heavy atom. The fraction of sp³-hybridized carbons (Fsp3) is 0.250.